The van der Waals surface area contributed by atoms with E-state index in [1.165, 1.54) is 0 Å². The molecule has 2 aromatic carbocycles. The van der Waals surface area contributed by atoms with Crippen molar-refractivity contribution in [2.45, 2.75) is 40.2 Å². The summed E-state index contributed by atoms with van der Waals surface area (Å²) in [5.41, 5.74) is 3.96. The van der Waals surface area contributed by atoms with Crippen molar-refractivity contribution in [3.8, 4) is 5.75 Å². The van der Waals surface area contributed by atoms with E-state index in [1.54, 1.807) is 0 Å². The zero-order valence-electron chi connectivity index (χ0n) is 14.8. The van der Waals surface area contributed by atoms with Crippen molar-refractivity contribution in [2.24, 2.45) is 0 Å². The van der Waals surface area contributed by atoms with Crippen LogP contribution in [0.25, 0.3) is 0 Å². The van der Waals surface area contributed by atoms with Gasteiger partial charge in [-0.3, -0.25) is 4.79 Å². The van der Waals surface area contributed by atoms with E-state index >= 15 is 0 Å². The third-order valence-electron chi connectivity index (χ3n) is 3.70. The van der Waals surface area contributed by atoms with Gasteiger partial charge in [0.2, 0.25) is 5.91 Å². The Labute approximate surface area is 144 Å². The lowest BCUT2D eigenvalue weighted by Crippen LogP contribution is -2.21. The molecule has 0 fully saturated rings. The molecule has 4 nitrogen and oxygen atoms in total. The number of rotatable bonds is 7. The van der Waals surface area contributed by atoms with Crippen LogP contribution in [0, 0.1) is 13.8 Å². The van der Waals surface area contributed by atoms with Crippen molar-refractivity contribution in [3.63, 3.8) is 0 Å². The quantitative estimate of drug-likeness (QED) is 0.786. The smallest absolute Gasteiger partial charge is 0.243 e. The lowest BCUT2D eigenvalue weighted by atomic mass is 10.1. The fraction of sp³-hybridized carbons (Fsp3) is 0.350. The molecule has 24 heavy (non-hydrogen) atoms. The molecule has 4 heteroatoms. The molecule has 1 atom stereocenters. The number of benzene rings is 2. The summed E-state index contributed by atoms with van der Waals surface area (Å²) in [6.45, 7) is 8.37. The highest BCUT2D eigenvalue weighted by atomic mass is 16.5. The Morgan fingerprint density at radius 2 is 1.79 bits per heavy atom. The van der Waals surface area contributed by atoms with Crippen molar-refractivity contribution < 1.29 is 9.53 Å². The molecule has 128 valence electrons. The van der Waals surface area contributed by atoms with Gasteiger partial charge in [0.05, 0.1) is 12.6 Å². The lowest BCUT2D eigenvalue weighted by Gasteiger charge is -2.14. The van der Waals surface area contributed by atoms with Gasteiger partial charge in [-0.05, 0) is 62.6 Å². The van der Waals surface area contributed by atoms with Crippen molar-refractivity contribution in [3.05, 3.63) is 53.6 Å². The molecule has 0 heterocycles. The number of carbonyl (C=O) groups is 1. The Bertz CT molecular complexity index is 678. The number of carbonyl (C=O) groups excluding carboxylic acids is 1. The number of hydrogen-bond acceptors (Lipinski definition) is 3. The lowest BCUT2D eigenvalue weighted by molar-refractivity contribution is -0.114. The Morgan fingerprint density at radius 1 is 1.08 bits per heavy atom. The predicted molar refractivity (Wildman–Crippen MR) is 99.9 cm³/mol. The van der Waals surface area contributed by atoms with Gasteiger partial charge in [-0.2, -0.15) is 0 Å². The zero-order chi connectivity index (χ0) is 17.5. The SMILES string of the molecule is CCC(C)Oc1cccc(NCC(=O)Nc2cc(C)cc(C)c2)c1. The molecule has 0 saturated carbocycles. The fourth-order valence-corrected chi connectivity index (χ4v) is 2.43. The van der Waals surface area contributed by atoms with Crippen LogP contribution in [0.15, 0.2) is 42.5 Å². The second-order valence-corrected chi connectivity index (χ2v) is 6.14. The largest absolute Gasteiger partial charge is 0.491 e. The number of nitrogens with one attached hydrogen (secondary N) is 2. The second kappa shape index (κ2) is 8.39. The van der Waals surface area contributed by atoms with Crippen LogP contribution in [0.3, 0.4) is 0 Å². The normalized spacial score (nSPS) is 11.7. The molecule has 0 radical (unpaired) electrons. The molecule has 1 amide bonds. The highest BCUT2D eigenvalue weighted by molar-refractivity contribution is 5.93. The van der Waals surface area contributed by atoms with Crippen LogP contribution >= 0.6 is 0 Å². The van der Waals surface area contributed by atoms with Gasteiger partial charge in [0.25, 0.3) is 0 Å². The molecule has 0 aliphatic rings. The van der Waals surface area contributed by atoms with E-state index in [4.69, 9.17) is 4.74 Å². The summed E-state index contributed by atoms with van der Waals surface area (Å²) in [7, 11) is 0. The Balaban J connectivity index is 1.90. The molecule has 2 aromatic rings. The standard InChI is InChI=1S/C20H26N2O2/c1-5-16(4)24-19-8-6-7-17(12-19)21-13-20(23)22-18-10-14(2)9-15(3)11-18/h6-12,16,21H,5,13H2,1-4H3,(H,22,23). The molecule has 2 N–H and O–H groups in total. The van der Waals surface area contributed by atoms with Gasteiger partial charge in [-0.1, -0.05) is 19.1 Å². The minimum absolute atomic E-state index is 0.0757. The first-order valence-electron chi connectivity index (χ1n) is 8.35. The van der Waals surface area contributed by atoms with Crippen LogP contribution in [-0.2, 0) is 4.79 Å². The molecule has 0 saturated heterocycles. The summed E-state index contributed by atoms with van der Waals surface area (Å²) >= 11 is 0. The van der Waals surface area contributed by atoms with Crippen LogP contribution < -0.4 is 15.4 Å². The Morgan fingerprint density at radius 3 is 2.46 bits per heavy atom. The molecule has 0 aliphatic carbocycles. The first-order chi connectivity index (χ1) is 11.5. The van der Waals surface area contributed by atoms with Crippen LogP contribution in [0.4, 0.5) is 11.4 Å². The van der Waals surface area contributed by atoms with Gasteiger partial charge in [0.15, 0.2) is 0 Å². The second-order valence-electron chi connectivity index (χ2n) is 6.14. The van der Waals surface area contributed by atoms with Gasteiger partial charge in [-0.25, -0.2) is 0 Å². The number of amides is 1. The first kappa shape index (κ1) is 17.9. The fourth-order valence-electron chi connectivity index (χ4n) is 2.43. The third kappa shape index (κ3) is 5.61. The summed E-state index contributed by atoms with van der Waals surface area (Å²) in [4.78, 5) is 12.1. The third-order valence-corrected chi connectivity index (χ3v) is 3.70. The summed E-state index contributed by atoms with van der Waals surface area (Å²) in [5, 5.41) is 6.05. The minimum atomic E-state index is -0.0757. The van der Waals surface area contributed by atoms with Crippen LogP contribution in [0.2, 0.25) is 0 Å². The molecule has 0 bridgehead atoms. The van der Waals surface area contributed by atoms with Gasteiger partial charge in [0, 0.05) is 17.4 Å². The summed E-state index contributed by atoms with van der Waals surface area (Å²) in [5.74, 6) is 0.734. The van der Waals surface area contributed by atoms with E-state index in [9.17, 15) is 4.79 Å². The van der Waals surface area contributed by atoms with Gasteiger partial charge in [0.1, 0.15) is 5.75 Å². The predicted octanol–water partition coefficient (Wildman–Crippen LogP) is 4.53. The molecule has 0 aliphatic heterocycles. The minimum Gasteiger partial charge on any atom is -0.491 e. The monoisotopic (exact) mass is 326 g/mol. The van der Waals surface area contributed by atoms with Crippen LogP contribution in [-0.4, -0.2) is 18.6 Å². The van der Waals surface area contributed by atoms with Gasteiger partial charge in [-0.15, -0.1) is 0 Å². The maximum Gasteiger partial charge on any atom is 0.243 e. The van der Waals surface area contributed by atoms with E-state index in [1.807, 2.05) is 57.2 Å². The molecule has 0 spiro atoms. The average molecular weight is 326 g/mol. The van der Waals surface area contributed by atoms with Crippen molar-refractivity contribution >= 4 is 17.3 Å². The topological polar surface area (TPSA) is 50.4 Å². The number of aryl methyl sites for hydroxylation is 2. The van der Waals surface area contributed by atoms with E-state index in [0.29, 0.717) is 0 Å². The molecular weight excluding hydrogens is 300 g/mol. The van der Waals surface area contributed by atoms with Crippen LogP contribution in [0.1, 0.15) is 31.4 Å². The molecule has 0 aromatic heterocycles. The Kier molecular flexibility index (Phi) is 6.24. The average Bonchev–Trinajstić information content (AvgIpc) is 2.52. The number of ether oxygens (including phenoxy) is 1. The summed E-state index contributed by atoms with van der Waals surface area (Å²) < 4.78 is 5.79. The van der Waals surface area contributed by atoms with Crippen molar-refractivity contribution in [2.75, 3.05) is 17.2 Å². The van der Waals surface area contributed by atoms with Crippen molar-refractivity contribution in [1.29, 1.82) is 0 Å². The van der Waals surface area contributed by atoms with Gasteiger partial charge < -0.3 is 15.4 Å². The molecule has 1 unspecified atom stereocenters. The maximum absolute atomic E-state index is 12.1. The summed E-state index contributed by atoms with van der Waals surface area (Å²) in [6.07, 6.45) is 1.13. The van der Waals surface area contributed by atoms with E-state index in [0.717, 1.165) is 34.7 Å². The maximum atomic E-state index is 12.1. The van der Waals surface area contributed by atoms with Crippen LogP contribution in [0.5, 0.6) is 5.75 Å². The highest BCUT2D eigenvalue weighted by Gasteiger charge is 2.05. The molecular formula is C20H26N2O2. The van der Waals surface area contributed by atoms with E-state index in [2.05, 4.69) is 23.6 Å². The summed E-state index contributed by atoms with van der Waals surface area (Å²) in [6, 6.07) is 13.7. The first-order valence-corrected chi connectivity index (χ1v) is 8.35. The number of hydrogen-bond donors (Lipinski definition) is 2. The zero-order valence-corrected chi connectivity index (χ0v) is 14.8. The Hall–Kier alpha value is -2.49. The van der Waals surface area contributed by atoms with E-state index in [-0.39, 0.29) is 18.6 Å². The van der Waals surface area contributed by atoms with E-state index < -0.39 is 0 Å². The van der Waals surface area contributed by atoms with Gasteiger partial charge >= 0.3 is 0 Å². The highest BCUT2D eigenvalue weighted by Crippen LogP contribution is 2.19. The molecule has 2 rings (SSSR count). The number of anilines is 2. The van der Waals surface area contributed by atoms with Crippen molar-refractivity contribution in [1.82, 2.24) is 0 Å².